The number of aryl methyl sites for hydroxylation is 1. The number of nitrogens with one attached hydrogen (secondary N) is 1. The van der Waals surface area contributed by atoms with Gasteiger partial charge in [0.1, 0.15) is 0 Å². The van der Waals surface area contributed by atoms with E-state index in [0.29, 0.717) is 24.6 Å². The number of piperidine rings is 1. The van der Waals surface area contributed by atoms with Crippen molar-refractivity contribution in [3.05, 3.63) is 41.5 Å². The molecule has 2 atom stereocenters. The first-order chi connectivity index (χ1) is 14.2. The standard InChI is InChI=1S/C20H24F3N5O2/c1-4-30-16-8-7-12(2)26-17(16)18(29)28-9-5-6-15(13(28)3)27-19-24-10-14(11-25-19)20(21,22)23/h7-8,10-11,13,15H,4-6,9H2,1-3H3,(H,24,25,27). The smallest absolute Gasteiger partial charge is 0.419 e. The lowest BCUT2D eigenvalue weighted by atomic mass is 9.97. The van der Waals surface area contributed by atoms with Crippen LogP contribution in [0, 0.1) is 6.92 Å². The molecule has 1 fully saturated rings. The Labute approximate surface area is 172 Å². The molecule has 0 spiro atoms. The van der Waals surface area contributed by atoms with Crippen LogP contribution in [-0.2, 0) is 6.18 Å². The van der Waals surface area contributed by atoms with Gasteiger partial charge >= 0.3 is 6.18 Å². The number of nitrogens with zero attached hydrogens (tertiary/aromatic N) is 4. The maximum absolute atomic E-state index is 13.2. The third-order valence-corrected chi connectivity index (χ3v) is 5.04. The van der Waals surface area contributed by atoms with Crippen LogP contribution in [0.5, 0.6) is 5.75 Å². The van der Waals surface area contributed by atoms with Gasteiger partial charge < -0.3 is 15.0 Å². The second-order valence-corrected chi connectivity index (χ2v) is 7.16. The number of hydrogen-bond acceptors (Lipinski definition) is 6. The molecule has 10 heteroatoms. The van der Waals surface area contributed by atoms with Crippen molar-refractivity contribution in [1.29, 1.82) is 0 Å². The predicted octanol–water partition coefficient (Wildman–Crippen LogP) is 3.70. The molecule has 1 saturated heterocycles. The highest BCUT2D eigenvalue weighted by Gasteiger charge is 2.35. The van der Waals surface area contributed by atoms with Crippen molar-refractivity contribution in [3.8, 4) is 5.75 Å². The largest absolute Gasteiger partial charge is 0.491 e. The van der Waals surface area contributed by atoms with Crippen molar-refractivity contribution in [3.63, 3.8) is 0 Å². The van der Waals surface area contributed by atoms with E-state index in [-0.39, 0.29) is 29.6 Å². The molecule has 3 rings (SSSR count). The molecular formula is C20H24F3N5O2. The molecule has 3 heterocycles. The lowest BCUT2D eigenvalue weighted by Crippen LogP contribution is -2.52. The Kier molecular flexibility index (Phi) is 6.42. The third-order valence-electron chi connectivity index (χ3n) is 5.04. The van der Waals surface area contributed by atoms with Crippen LogP contribution in [0.25, 0.3) is 0 Å². The van der Waals surface area contributed by atoms with Crippen LogP contribution in [0.2, 0.25) is 0 Å². The molecule has 1 aliphatic heterocycles. The minimum atomic E-state index is -4.49. The Morgan fingerprint density at radius 1 is 1.30 bits per heavy atom. The molecule has 0 radical (unpaired) electrons. The van der Waals surface area contributed by atoms with Crippen molar-refractivity contribution in [2.75, 3.05) is 18.5 Å². The summed E-state index contributed by atoms with van der Waals surface area (Å²) < 4.78 is 43.7. The topological polar surface area (TPSA) is 80.2 Å². The molecule has 0 aromatic carbocycles. The first-order valence-corrected chi connectivity index (χ1v) is 9.78. The van der Waals surface area contributed by atoms with E-state index < -0.39 is 11.7 Å². The Morgan fingerprint density at radius 2 is 2.00 bits per heavy atom. The molecular weight excluding hydrogens is 399 g/mol. The van der Waals surface area contributed by atoms with Gasteiger partial charge in [0.05, 0.1) is 12.2 Å². The molecule has 162 valence electrons. The first-order valence-electron chi connectivity index (χ1n) is 9.78. The van der Waals surface area contributed by atoms with E-state index in [1.165, 1.54) is 0 Å². The van der Waals surface area contributed by atoms with E-state index in [1.54, 1.807) is 24.0 Å². The number of pyridine rings is 1. The van der Waals surface area contributed by atoms with E-state index in [4.69, 9.17) is 4.74 Å². The van der Waals surface area contributed by atoms with Gasteiger partial charge in [0.25, 0.3) is 5.91 Å². The summed E-state index contributed by atoms with van der Waals surface area (Å²) in [5.74, 6) is 0.286. The second-order valence-electron chi connectivity index (χ2n) is 7.16. The summed E-state index contributed by atoms with van der Waals surface area (Å²) in [5.41, 5.74) is 0.0601. The number of aromatic nitrogens is 3. The van der Waals surface area contributed by atoms with Crippen molar-refractivity contribution in [2.24, 2.45) is 0 Å². The van der Waals surface area contributed by atoms with Crippen LogP contribution >= 0.6 is 0 Å². The van der Waals surface area contributed by atoms with Gasteiger partial charge in [0, 0.05) is 36.7 Å². The lowest BCUT2D eigenvalue weighted by Gasteiger charge is -2.39. The minimum Gasteiger partial charge on any atom is -0.491 e. The van der Waals surface area contributed by atoms with Crippen LogP contribution in [-0.4, -0.2) is 51.0 Å². The van der Waals surface area contributed by atoms with E-state index in [9.17, 15) is 18.0 Å². The van der Waals surface area contributed by atoms with Gasteiger partial charge in [-0.25, -0.2) is 15.0 Å². The number of alkyl halides is 3. The van der Waals surface area contributed by atoms with E-state index >= 15 is 0 Å². The van der Waals surface area contributed by atoms with Crippen molar-refractivity contribution >= 4 is 11.9 Å². The van der Waals surface area contributed by atoms with Gasteiger partial charge in [0.15, 0.2) is 11.4 Å². The molecule has 7 nitrogen and oxygen atoms in total. The molecule has 0 aliphatic carbocycles. The number of anilines is 1. The van der Waals surface area contributed by atoms with Crippen molar-refractivity contribution < 1.29 is 22.7 Å². The summed E-state index contributed by atoms with van der Waals surface area (Å²) in [4.78, 5) is 26.8. The fourth-order valence-electron chi connectivity index (χ4n) is 3.44. The van der Waals surface area contributed by atoms with Crippen molar-refractivity contribution in [1.82, 2.24) is 19.9 Å². The monoisotopic (exact) mass is 423 g/mol. The average Bonchev–Trinajstić information content (AvgIpc) is 2.70. The number of rotatable bonds is 5. The predicted molar refractivity (Wildman–Crippen MR) is 104 cm³/mol. The number of hydrogen-bond donors (Lipinski definition) is 1. The number of carbonyl (C=O) groups is 1. The van der Waals surface area contributed by atoms with E-state index in [0.717, 1.165) is 25.2 Å². The number of carbonyl (C=O) groups excluding carboxylic acids is 1. The summed E-state index contributed by atoms with van der Waals surface area (Å²) >= 11 is 0. The summed E-state index contributed by atoms with van der Waals surface area (Å²) in [5, 5.41) is 3.06. The fraction of sp³-hybridized carbons (Fsp3) is 0.500. The molecule has 2 aromatic rings. The summed E-state index contributed by atoms with van der Waals surface area (Å²) in [6.45, 7) is 6.48. The van der Waals surface area contributed by atoms with Crippen LogP contribution in [0.1, 0.15) is 48.4 Å². The molecule has 1 amide bonds. The molecule has 30 heavy (non-hydrogen) atoms. The number of ether oxygens (including phenoxy) is 1. The summed E-state index contributed by atoms with van der Waals surface area (Å²) in [6, 6.07) is 3.07. The fourth-order valence-corrected chi connectivity index (χ4v) is 3.44. The number of amides is 1. The first kappa shape index (κ1) is 21.8. The third kappa shape index (κ3) is 4.80. The van der Waals surface area contributed by atoms with Crippen LogP contribution in [0.3, 0.4) is 0 Å². The van der Waals surface area contributed by atoms with Crippen molar-refractivity contribution in [2.45, 2.75) is 51.9 Å². The lowest BCUT2D eigenvalue weighted by molar-refractivity contribution is -0.138. The molecule has 0 bridgehead atoms. The van der Waals surface area contributed by atoms with Gasteiger partial charge in [-0.15, -0.1) is 0 Å². The Hall–Kier alpha value is -2.91. The summed E-state index contributed by atoms with van der Waals surface area (Å²) in [7, 11) is 0. The highest BCUT2D eigenvalue weighted by atomic mass is 19.4. The Bertz CT molecular complexity index is 889. The molecule has 2 aromatic heterocycles. The quantitative estimate of drug-likeness (QED) is 0.790. The second kappa shape index (κ2) is 8.85. The van der Waals surface area contributed by atoms with Gasteiger partial charge in [-0.3, -0.25) is 4.79 Å². The summed E-state index contributed by atoms with van der Waals surface area (Å²) in [6.07, 6.45) is -1.54. The van der Waals surface area contributed by atoms with Crippen LogP contribution in [0.15, 0.2) is 24.5 Å². The Balaban J connectivity index is 1.76. The maximum Gasteiger partial charge on any atom is 0.419 e. The zero-order valence-corrected chi connectivity index (χ0v) is 17.0. The highest BCUT2D eigenvalue weighted by Crippen LogP contribution is 2.29. The molecule has 1 N–H and O–H groups in total. The van der Waals surface area contributed by atoms with Gasteiger partial charge in [0.2, 0.25) is 5.95 Å². The maximum atomic E-state index is 13.2. The highest BCUT2D eigenvalue weighted by molar-refractivity contribution is 5.95. The number of likely N-dealkylation sites (tertiary alicyclic amines) is 1. The average molecular weight is 423 g/mol. The van der Waals surface area contributed by atoms with Gasteiger partial charge in [-0.05, 0) is 45.7 Å². The van der Waals surface area contributed by atoms with Gasteiger partial charge in [-0.1, -0.05) is 0 Å². The van der Waals surface area contributed by atoms with E-state index in [1.807, 2.05) is 13.8 Å². The van der Waals surface area contributed by atoms with Crippen LogP contribution < -0.4 is 10.1 Å². The molecule has 1 aliphatic rings. The van der Waals surface area contributed by atoms with Gasteiger partial charge in [-0.2, -0.15) is 13.2 Å². The van der Waals surface area contributed by atoms with Crippen LogP contribution in [0.4, 0.5) is 19.1 Å². The normalized spacial score (nSPS) is 19.5. The Morgan fingerprint density at radius 3 is 2.63 bits per heavy atom. The zero-order valence-electron chi connectivity index (χ0n) is 17.0. The van der Waals surface area contributed by atoms with E-state index in [2.05, 4.69) is 20.3 Å². The zero-order chi connectivity index (χ0) is 21.9. The molecule has 0 saturated carbocycles. The minimum absolute atomic E-state index is 0.0952. The molecule has 2 unspecified atom stereocenters. The number of halogens is 3. The SMILES string of the molecule is CCOc1ccc(C)nc1C(=O)N1CCCC(Nc2ncc(C(F)(F)F)cn2)C1C.